The van der Waals surface area contributed by atoms with Crippen LogP contribution in [0.25, 0.3) is 0 Å². The number of esters is 4. The standard InChI is InChI=1S/C44H74O17/c45-35(46)25-17-9-1-5-13-21-29-39(53)57-33-43(59-41(55)31-23-15-7-3-11-19-27-37(49)50)61-44(60-42(56)32-24-16-8-4-12-20-28-38(51)52)34-58-40(54)30-22-14-6-2-10-18-26-36(47)48/h43-44H,1-34H2,(H,45,46)(H,47,48)(H,49,50)(H,51,52). The molecule has 0 amide bonds. The predicted octanol–water partition coefficient (Wildman–Crippen LogP) is 8.65. The van der Waals surface area contributed by atoms with Crippen LogP contribution in [0.3, 0.4) is 0 Å². The van der Waals surface area contributed by atoms with Gasteiger partial charge in [0.1, 0.15) is 0 Å². The molecule has 0 rings (SSSR count). The minimum Gasteiger partial charge on any atom is -0.481 e. The molecule has 0 fully saturated rings. The van der Waals surface area contributed by atoms with Crippen molar-refractivity contribution in [3.63, 3.8) is 0 Å². The minimum absolute atomic E-state index is 0.0186. The molecule has 0 aromatic rings. The van der Waals surface area contributed by atoms with Crippen LogP contribution in [-0.4, -0.2) is 94.0 Å². The van der Waals surface area contributed by atoms with Crippen molar-refractivity contribution in [3.8, 4) is 0 Å². The maximum absolute atomic E-state index is 12.9. The lowest BCUT2D eigenvalue weighted by Gasteiger charge is -2.24. The molecule has 0 bridgehead atoms. The summed E-state index contributed by atoms with van der Waals surface area (Å²) in [6, 6.07) is 0. The Morgan fingerprint density at radius 2 is 0.475 bits per heavy atom. The second kappa shape index (κ2) is 39.8. The summed E-state index contributed by atoms with van der Waals surface area (Å²) in [5.74, 6) is -5.77. The van der Waals surface area contributed by atoms with Gasteiger partial charge >= 0.3 is 47.8 Å². The third-order valence-electron chi connectivity index (χ3n) is 9.68. The van der Waals surface area contributed by atoms with Gasteiger partial charge in [0.25, 0.3) is 0 Å². The number of aliphatic carboxylic acids is 4. The SMILES string of the molecule is O=C(O)CCCCCCCCC(=O)OCC(OC(=O)CCCCCCCCC(=O)O)OC(COC(=O)CCCCCCCCC(=O)O)OC(=O)CCCCCCCCC(=O)O. The largest absolute Gasteiger partial charge is 0.481 e. The monoisotopic (exact) mass is 874 g/mol. The lowest BCUT2D eigenvalue weighted by molar-refractivity contribution is -0.257. The van der Waals surface area contributed by atoms with E-state index in [4.69, 9.17) is 44.1 Å². The first-order valence-electron chi connectivity index (χ1n) is 22.5. The van der Waals surface area contributed by atoms with E-state index in [2.05, 4.69) is 0 Å². The van der Waals surface area contributed by atoms with E-state index in [9.17, 15) is 38.4 Å². The van der Waals surface area contributed by atoms with E-state index in [1.165, 1.54) is 0 Å². The van der Waals surface area contributed by atoms with Crippen LogP contribution in [0.1, 0.15) is 205 Å². The Bertz CT molecular complexity index is 1140. The average molecular weight is 875 g/mol. The highest BCUT2D eigenvalue weighted by atomic mass is 16.8. The van der Waals surface area contributed by atoms with Gasteiger partial charge in [-0.05, 0) is 51.4 Å². The zero-order valence-electron chi connectivity index (χ0n) is 36.3. The van der Waals surface area contributed by atoms with Crippen molar-refractivity contribution >= 4 is 47.8 Å². The van der Waals surface area contributed by atoms with E-state index in [-0.39, 0.29) is 51.4 Å². The zero-order chi connectivity index (χ0) is 45.4. The van der Waals surface area contributed by atoms with E-state index < -0.39 is 73.5 Å². The number of rotatable bonds is 44. The third-order valence-corrected chi connectivity index (χ3v) is 9.68. The molecule has 0 saturated heterocycles. The maximum Gasteiger partial charge on any atom is 0.308 e. The number of hydrogen-bond donors (Lipinski definition) is 4. The molecule has 0 aliphatic heterocycles. The Labute approximate surface area is 360 Å². The Kier molecular flexibility index (Phi) is 37.0. The number of carbonyl (C=O) groups is 8. The van der Waals surface area contributed by atoms with E-state index in [1.807, 2.05) is 0 Å². The molecule has 17 heteroatoms. The topological polar surface area (TPSA) is 264 Å². The molecule has 4 N–H and O–H groups in total. The van der Waals surface area contributed by atoms with E-state index in [0.717, 1.165) is 89.9 Å². The first-order chi connectivity index (χ1) is 29.3. The lowest BCUT2D eigenvalue weighted by atomic mass is 10.1. The Morgan fingerprint density at radius 1 is 0.279 bits per heavy atom. The minimum atomic E-state index is -1.50. The Morgan fingerprint density at radius 3 is 0.705 bits per heavy atom. The van der Waals surface area contributed by atoms with Gasteiger partial charge in [-0.15, -0.1) is 0 Å². The maximum atomic E-state index is 12.9. The fraction of sp³-hybridized carbons (Fsp3) is 0.818. The number of hydrogen-bond acceptors (Lipinski definition) is 13. The number of carbonyl (C=O) groups excluding carboxylic acids is 4. The van der Waals surface area contributed by atoms with E-state index in [1.54, 1.807) is 0 Å². The van der Waals surface area contributed by atoms with Crippen molar-refractivity contribution in [1.82, 2.24) is 0 Å². The van der Waals surface area contributed by atoms with Crippen LogP contribution in [-0.2, 0) is 62.0 Å². The van der Waals surface area contributed by atoms with Crippen molar-refractivity contribution in [2.75, 3.05) is 13.2 Å². The highest BCUT2D eigenvalue weighted by Crippen LogP contribution is 2.16. The molecule has 0 heterocycles. The molecule has 17 nitrogen and oxygen atoms in total. The number of unbranched alkanes of at least 4 members (excludes halogenated alkanes) is 20. The highest BCUT2D eigenvalue weighted by Gasteiger charge is 2.26. The summed E-state index contributed by atoms with van der Waals surface area (Å²) in [6.07, 6.45) is 14.6. The summed E-state index contributed by atoms with van der Waals surface area (Å²) in [6.45, 7) is -1.03. The molecule has 2 unspecified atom stereocenters. The van der Waals surface area contributed by atoms with Gasteiger partial charge in [0.05, 0.1) is 0 Å². The molecule has 0 saturated carbocycles. The highest BCUT2D eigenvalue weighted by molar-refractivity contribution is 5.71. The predicted molar refractivity (Wildman–Crippen MR) is 221 cm³/mol. The molecule has 0 radical (unpaired) electrons. The van der Waals surface area contributed by atoms with Crippen LogP contribution in [0, 0.1) is 0 Å². The van der Waals surface area contributed by atoms with Gasteiger partial charge in [0.2, 0.25) is 12.6 Å². The number of ether oxygens (including phenoxy) is 5. The van der Waals surface area contributed by atoms with Crippen molar-refractivity contribution in [2.45, 2.75) is 218 Å². The normalized spacial score (nSPS) is 11.9. The second-order valence-electron chi connectivity index (χ2n) is 15.4. The molecule has 61 heavy (non-hydrogen) atoms. The fourth-order valence-electron chi connectivity index (χ4n) is 6.26. The van der Waals surface area contributed by atoms with Gasteiger partial charge in [0.15, 0.2) is 13.2 Å². The van der Waals surface area contributed by atoms with Crippen LogP contribution in [0.15, 0.2) is 0 Å². The first-order valence-corrected chi connectivity index (χ1v) is 22.5. The second-order valence-corrected chi connectivity index (χ2v) is 15.4. The summed E-state index contributed by atoms with van der Waals surface area (Å²) >= 11 is 0. The molecule has 0 aromatic heterocycles. The molecule has 0 spiro atoms. The first kappa shape index (κ1) is 56.7. The van der Waals surface area contributed by atoms with Crippen LogP contribution in [0.4, 0.5) is 0 Å². The van der Waals surface area contributed by atoms with Crippen LogP contribution in [0.5, 0.6) is 0 Å². The summed E-state index contributed by atoms with van der Waals surface area (Å²) in [5.41, 5.74) is 0. The molecule has 2 atom stereocenters. The third kappa shape index (κ3) is 42.2. The molecule has 0 aliphatic carbocycles. The summed E-state index contributed by atoms with van der Waals surface area (Å²) in [4.78, 5) is 93.9. The van der Waals surface area contributed by atoms with Gasteiger partial charge in [-0.3, -0.25) is 43.1 Å². The zero-order valence-corrected chi connectivity index (χ0v) is 36.3. The van der Waals surface area contributed by atoms with Crippen molar-refractivity contribution in [1.29, 1.82) is 0 Å². The number of carboxylic acid groups (broad SMARTS) is 4. The quantitative estimate of drug-likeness (QED) is 0.0193. The van der Waals surface area contributed by atoms with Crippen molar-refractivity contribution in [2.24, 2.45) is 0 Å². The van der Waals surface area contributed by atoms with Crippen molar-refractivity contribution in [3.05, 3.63) is 0 Å². The van der Waals surface area contributed by atoms with Crippen molar-refractivity contribution < 1.29 is 82.5 Å². The molecular weight excluding hydrogens is 800 g/mol. The Hall–Kier alpha value is -4.28. The van der Waals surface area contributed by atoms with Crippen LogP contribution in [0.2, 0.25) is 0 Å². The van der Waals surface area contributed by atoms with E-state index in [0.29, 0.717) is 64.2 Å². The van der Waals surface area contributed by atoms with Gasteiger partial charge in [-0.25, -0.2) is 0 Å². The fourth-order valence-corrected chi connectivity index (χ4v) is 6.26. The number of carboxylic acids is 4. The summed E-state index contributed by atoms with van der Waals surface area (Å²) in [5, 5.41) is 35.1. The smallest absolute Gasteiger partial charge is 0.308 e. The lowest BCUT2D eigenvalue weighted by Crippen LogP contribution is -2.37. The molecule has 352 valence electrons. The Balaban J connectivity index is 5.38. The summed E-state index contributed by atoms with van der Waals surface area (Å²) < 4.78 is 27.7. The molecule has 0 aliphatic rings. The van der Waals surface area contributed by atoms with Crippen LogP contribution < -0.4 is 0 Å². The van der Waals surface area contributed by atoms with Crippen LogP contribution >= 0.6 is 0 Å². The van der Waals surface area contributed by atoms with Gasteiger partial charge < -0.3 is 39.4 Å². The summed E-state index contributed by atoms with van der Waals surface area (Å²) in [7, 11) is 0. The van der Waals surface area contributed by atoms with Gasteiger partial charge in [0, 0.05) is 51.4 Å². The molecular formula is C44H74O17. The van der Waals surface area contributed by atoms with Gasteiger partial charge in [-0.1, -0.05) is 103 Å². The van der Waals surface area contributed by atoms with E-state index >= 15 is 0 Å². The average Bonchev–Trinajstić information content (AvgIpc) is 3.19. The molecule has 0 aromatic carbocycles. The van der Waals surface area contributed by atoms with Gasteiger partial charge in [-0.2, -0.15) is 0 Å².